The topological polar surface area (TPSA) is 82.8 Å². The molecule has 102 valence electrons. The maximum absolute atomic E-state index is 11.6. The molecule has 0 bridgehead atoms. The highest BCUT2D eigenvalue weighted by molar-refractivity contribution is 9.10. The van der Waals surface area contributed by atoms with Gasteiger partial charge in [0.15, 0.2) is 4.67 Å². The lowest BCUT2D eigenvalue weighted by Crippen LogP contribution is -2.19. The van der Waals surface area contributed by atoms with Gasteiger partial charge in [0.2, 0.25) is 5.76 Å². The number of halogens is 2. The molecule has 9 heteroatoms. The van der Waals surface area contributed by atoms with Gasteiger partial charge >= 0.3 is 5.97 Å². The monoisotopic (exact) mass is 360 g/mol. The molecule has 0 aliphatic rings. The van der Waals surface area contributed by atoms with Crippen LogP contribution in [0.5, 0.6) is 0 Å². The molecule has 0 radical (unpaired) electrons. The zero-order valence-corrected chi connectivity index (χ0v) is 12.6. The maximum atomic E-state index is 11.6. The number of carbonyl (C=O) groups is 1. The van der Waals surface area contributed by atoms with E-state index in [2.05, 4.69) is 15.9 Å². The van der Waals surface area contributed by atoms with E-state index in [-0.39, 0.29) is 21.9 Å². The minimum absolute atomic E-state index is 0.149. The van der Waals surface area contributed by atoms with Crippen molar-refractivity contribution in [3.63, 3.8) is 0 Å². The van der Waals surface area contributed by atoms with Crippen LogP contribution in [0, 0.1) is 0 Å². The molecular weight excluding hydrogens is 352 g/mol. The van der Waals surface area contributed by atoms with Gasteiger partial charge < -0.3 is 13.9 Å². The van der Waals surface area contributed by atoms with Crippen molar-refractivity contribution in [1.29, 1.82) is 0 Å². The van der Waals surface area contributed by atoms with Crippen molar-refractivity contribution < 1.29 is 27.1 Å². The third-order valence-corrected chi connectivity index (χ3v) is 4.01. The second-order valence-corrected chi connectivity index (χ2v) is 6.61. The molecule has 0 saturated carbocycles. The van der Waals surface area contributed by atoms with Crippen LogP contribution < -0.4 is 0 Å². The highest BCUT2D eigenvalue weighted by Gasteiger charge is 2.24. The van der Waals surface area contributed by atoms with Crippen molar-refractivity contribution >= 4 is 41.6 Å². The number of esters is 1. The highest BCUT2D eigenvalue weighted by Crippen LogP contribution is 2.29. The standard InChI is InChI=1S/C9H10BrClO6S/c1-5(4-15-2)16-9(12)6-3-7(8(10)17-6)18(11,13)14/h3,5H,4H2,1-2H3. The van der Waals surface area contributed by atoms with E-state index in [9.17, 15) is 13.2 Å². The second kappa shape index (κ2) is 6.05. The number of methoxy groups -OCH3 is 1. The van der Waals surface area contributed by atoms with Crippen LogP contribution in [0.25, 0.3) is 0 Å². The zero-order valence-electron chi connectivity index (χ0n) is 9.48. The summed E-state index contributed by atoms with van der Waals surface area (Å²) >= 11 is 2.86. The number of carbonyl (C=O) groups excluding carboxylic acids is 1. The van der Waals surface area contributed by atoms with Gasteiger partial charge in [-0.05, 0) is 22.9 Å². The lowest BCUT2D eigenvalue weighted by atomic mass is 10.4. The second-order valence-electron chi connectivity index (χ2n) is 3.36. The molecule has 0 aromatic carbocycles. The smallest absolute Gasteiger partial charge is 0.374 e. The molecule has 18 heavy (non-hydrogen) atoms. The van der Waals surface area contributed by atoms with Gasteiger partial charge in [-0.1, -0.05) is 0 Å². The summed E-state index contributed by atoms with van der Waals surface area (Å²) in [6, 6.07) is 0.994. The third-order valence-electron chi connectivity index (χ3n) is 1.83. The van der Waals surface area contributed by atoms with E-state index in [0.717, 1.165) is 6.07 Å². The van der Waals surface area contributed by atoms with Crippen molar-refractivity contribution in [3.8, 4) is 0 Å². The minimum Gasteiger partial charge on any atom is -0.454 e. The Bertz CT molecular complexity index is 537. The highest BCUT2D eigenvalue weighted by atomic mass is 79.9. The van der Waals surface area contributed by atoms with Crippen LogP contribution in [0.1, 0.15) is 17.5 Å². The zero-order chi connectivity index (χ0) is 13.9. The van der Waals surface area contributed by atoms with E-state index < -0.39 is 21.1 Å². The molecule has 0 N–H and O–H groups in total. The minimum atomic E-state index is -3.99. The van der Waals surface area contributed by atoms with E-state index in [0.29, 0.717) is 0 Å². The number of ether oxygens (including phenoxy) is 2. The Morgan fingerprint density at radius 2 is 2.22 bits per heavy atom. The summed E-state index contributed by atoms with van der Waals surface area (Å²) in [5.41, 5.74) is 0. The Balaban J connectivity index is 2.89. The van der Waals surface area contributed by atoms with Crippen LogP contribution in [0.15, 0.2) is 20.0 Å². The van der Waals surface area contributed by atoms with Gasteiger partial charge in [0.05, 0.1) is 6.61 Å². The van der Waals surface area contributed by atoms with E-state index in [1.54, 1.807) is 6.92 Å². The van der Waals surface area contributed by atoms with Gasteiger partial charge in [-0.3, -0.25) is 0 Å². The lowest BCUT2D eigenvalue weighted by molar-refractivity contribution is 0.00894. The molecule has 1 heterocycles. The van der Waals surface area contributed by atoms with Crippen LogP contribution in [0.4, 0.5) is 0 Å². The van der Waals surface area contributed by atoms with Crippen molar-refractivity contribution in [3.05, 3.63) is 16.5 Å². The summed E-state index contributed by atoms with van der Waals surface area (Å²) in [5.74, 6) is -1.06. The first-order chi connectivity index (χ1) is 8.25. The number of hydrogen-bond acceptors (Lipinski definition) is 6. The number of hydrogen-bond donors (Lipinski definition) is 0. The van der Waals surface area contributed by atoms with Crippen molar-refractivity contribution in [2.45, 2.75) is 17.9 Å². The van der Waals surface area contributed by atoms with Gasteiger partial charge in [-0.25, -0.2) is 13.2 Å². The average molecular weight is 362 g/mol. The molecule has 0 aliphatic heterocycles. The molecule has 0 saturated heterocycles. The first kappa shape index (κ1) is 15.5. The summed E-state index contributed by atoms with van der Waals surface area (Å²) in [7, 11) is 2.63. The third kappa shape index (κ3) is 3.98. The normalized spacial score (nSPS) is 13.3. The van der Waals surface area contributed by atoms with E-state index in [1.807, 2.05) is 0 Å². The fraction of sp³-hybridized carbons (Fsp3) is 0.444. The summed E-state index contributed by atoms with van der Waals surface area (Å²) in [6.45, 7) is 1.84. The molecule has 0 spiro atoms. The summed E-state index contributed by atoms with van der Waals surface area (Å²) in [5, 5.41) is 0. The lowest BCUT2D eigenvalue weighted by Gasteiger charge is -2.10. The summed E-state index contributed by atoms with van der Waals surface area (Å²) in [4.78, 5) is 11.3. The van der Waals surface area contributed by atoms with Crippen LogP contribution in [0.2, 0.25) is 0 Å². The molecule has 1 atom stereocenters. The van der Waals surface area contributed by atoms with Gasteiger partial charge in [-0.2, -0.15) is 0 Å². The Morgan fingerprint density at radius 3 is 2.67 bits per heavy atom. The first-order valence-electron chi connectivity index (χ1n) is 4.69. The Hall–Kier alpha value is -0.570. The van der Waals surface area contributed by atoms with Crippen molar-refractivity contribution in [2.24, 2.45) is 0 Å². The van der Waals surface area contributed by atoms with E-state index >= 15 is 0 Å². The van der Waals surface area contributed by atoms with Gasteiger partial charge in [0, 0.05) is 23.9 Å². The molecule has 1 rings (SSSR count). The quantitative estimate of drug-likeness (QED) is 0.590. The summed E-state index contributed by atoms with van der Waals surface area (Å²) < 4.78 is 36.7. The first-order valence-corrected chi connectivity index (χ1v) is 7.80. The molecular formula is C9H10BrClO6S. The molecule has 1 aromatic heterocycles. The molecule has 0 fully saturated rings. The van der Waals surface area contributed by atoms with Crippen LogP contribution in [0.3, 0.4) is 0 Å². The Morgan fingerprint density at radius 1 is 1.61 bits per heavy atom. The maximum Gasteiger partial charge on any atom is 0.374 e. The van der Waals surface area contributed by atoms with E-state index in [1.165, 1.54) is 7.11 Å². The molecule has 1 aromatic rings. The van der Waals surface area contributed by atoms with Crippen LogP contribution in [-0.2, 0) is 18.5 Å². The largest absolute Gasteiger partial charge is 0.454 e. The Kier molecular flexibility index (Phi) is 5.20. The van der Waals surface area contributed by atoms with Gasteiger partial charge in [0.25, 0.3) is 9.05 Å². The summed E-state index contributed by atoms with van der Waals surface area (Å²) in [6.07, 6.45) is -0.484. The molecule has 0 aliphatic carbocycles. The predicted molar refractivity (Wildman–Crippen MR) is 66.2 cm³/mol. The fourth-order valence-corrected chi connectivity index (χ4v) is 3.16. The van der Waals surface area contributed by atoms with Crippen molar-refractivity contribution in [2.75, 3.05) is 13.7 Å². The number of rotatable bonds is 5. The van der Waals surface area contributed by atoms with Gasteiger partial charge in [-0.15, -0.1) is 0 Å². The van der Waals surface area contributed by atoms with Crippen molar-refractivity contribution in [1.82, 2.24) is 0 Å². The molecule has 1 unspecified atom stereocenters. The molecule has 0 amide bonds. The fourth-order valence-electron chi connectivity index (χ4n) is 1.13. The van der Waals surface area contributed by atoms with E-state index in [4.69, 9.17) is 24.6 Å². The SMILES string of the molecule is COCC(C)OC(=O)c1cc(S(=O)(=O)Cl)c(Br)o1. The predicted octanol–water partition coefficient (Wildman–Crippen LogP) is 2.16. The Labute approximate surface area is 117 Å². The number of furan rings is 1. The molecule has 6 nitrogen and oxygen atoms in total. The van der Waals surface area contributed by atoms with Crippen LogP contribution >= 0.6 is 26.6 Å². The average Bonchev–Trinajstić information content (AvgIpc) is 2.60. The van der Waals surface area contributed by atoms with Crippen LogP contribution in [-0.4, -0.2) is 34.2 Å². The van der Waals surface area contributed by atoms with Gasteiger partial charge in [0.1, 0.15) is 11.0 Å².